The highest BCUT2D eigenvalue weighted by Crippen LogP contribution is 2.37. The number of aryl methyl sites for hydroxylation is 1. The molecule has 0 heterocycles. The minimum atomic E-state index is 0.431. The number of anilines is 1. The van der Waals surface area contributed by atoms with Gasteiger partial charge in [-0.25, -0.2) is 0 Å². The van der Waals surface area contributed by atoms with Crippen LogP contribution in [0, 0.1) is 31.6 Å². The average Bonchev–Trinajstić information content (AvgIpc) is 2.39. The van der Waals surface area contributed by atoms with Gasteiger partial charge in [-0.3, -0.25) is 0 Å². The van der Waals surface area contributed by atoms with Crippen molar-refractivity contribution in [1.82, 2.24) is 0 Å². The summed E-state index contributed by atoms with van der Waals surface area (Å²) in [5, 5.41) is 13.8. The molecule has 2 nitrogen and oxygen atoms in total. The molecule has 1 fully saturated rings. The van der Waals surface area contributed by atoms with E-state index in [-0.39, 0.29) is 0 Å². The zero-order valence-corrected chi connectivity index (χ0v) is 13.5. The van der Waals surface area contributed by atoms with Crippen molar-refractivity contribution < 1.29 is 5.11 Å². The molecule has 20 heavy (non-hydrogen) atoms. The van der Waals surface area contributed by atoms with E-state index in [0.717, 1.165) is 28.7 Å². The van der Waals surface area contributed by atoms with Gasteiger partial charge in [-0.2, -0.15) is 0 Å². The number of hydrogen-bond donors (Lipinski definition) is 2. The van der Waals surface area contributed by atoms with Gasteiger partial charge in [0.25, 0.3) is 0 Å². The number of rotatable bonds is 3. The summed E-state index contributed by atoms with van der Waals surface area (Å²) in [6.45, 7) is 11.0. The normalized spacial score (nSPS) is 26.8. The van der Waals surface area contributed by atoms with E-state index in [0.29, 0.717) is 17.7 Å². The third kappa shape index (κ3) is 3.11. The van der Waals surface area contributed by atoms with Gasteiger partial charge in [-0.1, -0.05) is 33.3 Å². The van der Waals surface area contributed by atoms with E-state index in [2.05, 4.69) is 32.2 Å². The molecular formula is C18H29NO. The molecule has 1 aromatic carbocycles. The van der Waals surface area contributed by atoms with E-state index < -0.39 is 0 Å². The van der Waals surface area contributed by atoms with Crippen LogP contribution in [0.1, 0.15) is 51.2 Å². The Balaban J connectivity index is 2.20. The lowest BCUT2D eigenvalue weighted by atomic mass is 9.74. The molecule has 1 aliphatic carbocycles. The summed E-state index contributed by atoms with van der Waals surface area (Å²) in [5.41, 5.74) is 3.02. The molecular weight excluding hydrogens is 246 g/mol. The average molecular weight is 275 g/mol. The summed E-state index contributed by atoms with van der Waals surface area (Å²) in [6, 6.07) is 4.64. The summed E-state index contributed by atoms with van der Waals surface area (Å²) in [6.07, 6.45) is 3.89. The number of phenols is 1. The van der Waals surface area contributed by atoms with Crippen LogP contribution in [0.5, 0.6) is 5.75 Å². The van der Waals surface area contributed by atoms with Crippen molar-refractivity contribution in [1.29, 1.82) is 0 Å². The Morgan fingerprint density at radius 3 is 2.55 bits per heavy atom. The van der Waals surface area contributed by atoms with E-state index in [1.54, 1.807) is 0 Å². The smallest absolute Gasteiger partial charge is 0.123 e. The summed E-state index contributed by atoms with van der Waals surface area (Å²) in [5.74, 6) is 2.66. The maximum Gasteiger partial charge on any atom is 0.123 e. The first-order chi connectivity index (χ1) is 9.40. The molecule has 0 aromatic heterocycles. The van der Waals surface area contributed by atoms with Crippen LogP contribution in [0.2, 0.25) is 0 Å². The fraction of sp³-hybridized carbons (Fsp3) is 0.667. The number of nitrogens with one attached hydrogen (secondary N) is 1. The SMILES string of the molecule is Cc1ccc(NC2CC(C)CCC2C(C)C)c(C)c1O. The minimum Gasteiger partial charge on any atom is -0.507 e. The van der Waals surface area contributed by atoms with Gasteiger partial charge in [0.1, 0.15) is 5.75 Å². The summed E-state index contributed by atoms with van der Waals surface area (Å²) >= 11 is 0. The first-order valence-electron chi connectivity index (χ1n) is 7.95. The van der Waals surface area contributed by atoms with Gasteiger partial charge in [-0.05, 0) is 56.1 Å². The molecule has 0 amide bonds. The summed E-state index contributed by atoms with van der Waals surface area (Å²) in [4.78, 5) is 0. The van der Waals surface area contributed by atoms with Crippen LogP contribution in [0.25, 0.3) is 0 Å². The number of aromatic hydroxyl groups is 1. The third-order valence-electron chi connectivity index (χ3n) is 5.00. The molecule has 2 heteroatoms. The highest BCUT2D eigenvalue weighted by Gasteiger charge is 2.30. The standard InChI is InChI=1S/C18H29NO/c1-11(2)15-8-6-12(3)10-17(15)19-16-9-7-13(4)18(20)14(16)5/h7,9,11-12,15,17,19-20H,6,8,10H2,1-5H3. The molecule has 1 aromatic rings. The molecule has 1 aliphatic rings. The van der Waals surface area contributed by atoms with Gasteiger partial charge >= 0.3 is 0 Å². The molecule has 2 N–H and O–H groups in total. The predicted octanol–water partition coefficient (Wildman–Crippen LogP) is 4.88. The Kier molecular flexibility index (Phi) is 4.62. The van der Waals surface area contributed by atoms with Crippen LogP contribution in [-0.2, 0) is 0 Å². The first kappa shape index (κ1) is 15.2. The molecule has 0 radical (unpaired) electrons. The molecule has 3 atom stereocenters. The molecule has 3 unspecified atom stereocenters. The third-order valence-corrected chi connectivity index (χ3v) is 5.00. The fourth-order valence-corrected chi connectivity index (χ4v) is 3.56. The van der Waals surface area contributed by atoms with Crippen molar-refractivity contribution in [3.05, 3.63) is 23.3 Å². The highest BCUT2D eigenvalue weighted by molar-refractivity contribution is 5.59. The second-order valence-electron chi connectivity index (χ2n) is 6.98. The van der Waals surface area contributed by atoms with Crippen molar-refractivity contribution in [3.63, 3.8) is 0 Å². The van der Waals surface area contributed by atoms with E-state index >= 15 is 0 Å². The van der Waals surface area contributed by atoms with Gasteiger partial charge in [-0.15, -0.1) is 0 Å². The quantitative estimate of drug-likeness (QED) is 0.824. The second kappa shape index (κ2) is 6.07. The van der Waals surface area contributed by atoms with Crippen LogP contribution in [0.3, 0.4) is 0 Å². The van der Waals surface area contributed by atoms with Crippen LogP contribution in [0.4, 0.5) is 5.69 Å². The van der Waals surface area contributed by atoms with Gasteiger partial charge in [0.15, 0.2) is 0 Å². The highest BCUT2D eigenvalue weighted by atomic mass is 16.3. The Hall–Kier alpha value is -1.18. The fourth-order valence-electron chi connectivity index (χ4n) is 3.56. The zero-order valence-electron chi connectivity index (χ0n) is 13.5. The zero-order chi connectivity index (χ0) is 14.9. The molecule has 0 saturated heterocycles. The minimum absolute atomic E-state index is 0.431. The topological polar surface area (TPSA) is 32.3 Å². The van der Waals surface area contributed by atoms with Crippen molar-refractivity contribution in [3.8, 4) is 5.75 Å². The molecule has 2 rings (SSSR count). The Bertz CT molecular complexity index is 467. The molecule has 0 spiro atoms. The lowest BCUT2D eigenvalue weighted by Gasteiger charge is -2.38. The predicted molar refractivity (Wildman–Crippen MR) is 86.3 cm³/mol. The maximum absolute atomic E-state index is 10.1. The molecule has 0 bridgehead atoms. The molecule has 1 saturated carbocycles. The largest absolute Gasteiger partial charge is 0.507 e. The van der Waals surface area contributed by atoms with Crippen molar-refractivity contribution in [2.75, 3.05) is 5.32 Å². The van der Waals surface area contributed by atoms with Gasteiger partial charge < -0.3 is 10.4 Å². The monoisotopic (exact) mass is 275 g/mol. The summed E-state index contributed by atoms with van der Waals surface area (Å²) < 4.78 is 0. The van der Waals surface area contributed by atoms with Crippen molar-refractivity contribution in [2.24, 2.45) is 17.8 Å². The number of phenolic OH excluding ortho intramolecular Hbond substituents is 1. The van der Waals surface area contributed by atoms with Gasteiger partial charge in [0, 0.05) is 17.3 Å². The van der Waals surface area contributed by atoms with Gasteiger partial charge in [0.2, 0.25) is 0 Å². The lowest BCUT2D eigenvalue weighted by molar-refractivity contribution is 0.212. The Labute approximate surface area is 123 Å². The van der Waals surface area contributed by atoms with Crippen LogP contribution < -0.4 is 5.32 Å². The van der Waals surface area contributed by atoms with Crippen molar-refractivity contribution in [2.45, 2.75) is 59.9 Å². The van der Waals surface area contributed by atoms with E-state index in [4.69, 9.17) is 0 Å². The first-order valence-corrected chi connectivity index (χ1v) is 7.95. The van der Waals surface area contributed by atoms with E-state index in [1.807, 2.05) is 19.9 Å². The van der Waals surface area contributed by atoms with Gasteiger partial charge in [0.05, 0.1) is 0 Å². The number of benzene rings is 1. The summed E-state index contributed by atoms with van der Waals surface area (Å²) in [7, 11) is 0. The van der Waals surface area contributed by atoms with E-state index in [9.17, 15) is 5.11 Å². The van der Waals surface area contributed by atoms with Crippen LogP contribution in [0.15, 0.2) is 12.1 Å². The molecule has 0 aliphatic heterocycles. The maximum atomic E-state index is 10.1. The van der Waals surface area contributed by atoms with Crippen LogP contribution >= 0.6 is 0 Å². The Morgan fingerprint density at radius 2 is 1.90 bits per heavy atom. The molecule has 112 valence electrons. The number of hydrogen-bond acceptors (Lipinski definition) is 2. The van der Waals surface area contributed by atoms with Crippen molar-refractivity contribution >= 4 is 5.69 Å². The van der Waals surface area contributed by atoms with Crippen LogP contribution in [-0.4, -0.2) is 11.1 Å². The Morgan fingerprint density at radius 1 is 1.20 bits per heavy atom. The lowest BCUT2D eigenvalue weighted by Crippen LogP contribution is -2.38. The van der Waals surface area contributed by atoms with E-state index in [1.165, 1.54) is 19.3 Å². The second-order valence-corrected chi connectivity index (χ2v) is 6.98.